The lowest BCUT2D eigenvalue weighted by Crippen LogP contribution is -2.39. The highest BCUT2D eigenvalue weighted by molar-refractivity contribution is 5.14. The maximum Gasteiger partial charge on any atom is 0.0986 e. The van der Waals surface area contributed by atoms with E-state index >= 15 is 0 Å². The molecule has 21 heavy (non-hydrogen) atoms. The first-order valence-electron chi connectivity index (χ1n) is 8.56. The van der Waals surface area contributed by atoms with Crippen molar-refractivity contribution in [3.8, 4) is 0 Å². The number of aliphatic hydroxyl groups is 1. The molecule has 2 unspecified atom stereocenters. The Hall–Kier alpha value is -0.870. The minimum atomic E-state index is -0.404. The van der Waals surface area contributed by atoms with Crippen LogP contribution in [0.2, 0.25) is 0 Å². The molecule has 118 valence electrons. The molecule has 4 nitrogen and oxygen atoms in total. The third kappa shape index (κ3) is 2.88. The minimum absolute atomic E-state index is 0.0640. The Labute approximate surface area is 127 Å². The molecule has 0 amide bonds. The molecular weight excluding hydrogens is 264 g/mol. The summed E-state index contributed by atoms with van der Waals surface area (Å²) in [4.78, 5) is 0. The second kappa shape index (κ2) is 6.09. The van der Waals surface area contributed by atoms with E-state index in [9.17, 15) is 5.11 Å². The number of ether oxygens (including phenoxy) is 1. The second-order valence-corrected chi connectivity index (χ2v) is 6.67. The van der Waals surface area contributed by atoms with Crippen molar-refractivity contribution >= 4 is 0 Å². The fourth-order valence-electron chi connectivity index (χ4n) is 4.10. The smallest absolute Gasteiger partial charge is 0.0986 e. The molecule has 1 aromatic rings. The first-order chi connectivity index (χ1) is 10.2. The zero-order valence-corrected chi connectivity index (χ0v) is 13.3. The number of rotatable bonds is 4. The number of aromatic nitrogens is 2. The summed E-state index contributed by atoms with van der Waals surface area (Å²) in [6.07, 6.45) is 7.37. The molecule has 2 aliphatic rings. The molecule has 1 aliphatic heterocycles. The fraction of sp³-hybridized carbons (Fsp3) is 0.824. The highest BCUT2D eigenvalue weighted by Gasteiger charge is 2.42. The summed E-state index contributed by atoms with van der Waals surface area (Å²) in [5, 5.41) is 15.5. The van der Waals surface area contributed by atoms with Gasteiger partial charge in [0.2, 0.25) is 0 Å². The van der Waals surface area contributed by atoms with Crippen LogP contribution in [-0.4, -0.2) is 27.1 Å². The molecule has 1 saturated heterocycles. The van der Waals surface area contributed by atoms with Gasteiger partial charge in [0, 0.05) is 13.2 Å². The monoisotopic (exact) mass is 292 g/mol. The normalized spacial score (nSPS) is 26.3. The summed E-state index contributed by atoms with van der Waals surface area (Å²) >= 11 is 0. The SMILES string of the molecule is CCc1cc(C(O)C2CCOC3(CCCC3)C2)n(CC)n1. The van der Waals surface area contributed by atoms with Crippen molar-refractivity contribution in [3.63, 3.8) is 0 Å². The summed E-state index contributed by atoms with van der Waals surface area (Å²) in [5.74, 6) is 0.309. The van der Waals surface area contributed by atoms with Crippen molar-refractivity contribution in [3.05, 3.63) is 17.5 Å². The van der Waals surface area contributed by atoms with Crippen LogP contribution in [0.4, 0.5) is 0 Å². The molecule has 1 N–H and O–H groups in total. The van der Waals surface area contributed by atoms with Crippen molar-refractivity contribution < 1.29 is 9.84 Å². The highest BCUT2D eigenvalue weighted by atomic mass is 16.5. The Kier molecular flexibility index (Phi) is 4.36. The zero-order chi connectivity index (χ0) is 14.9. The lowest BCUT2D eigenvalue weighted by atomic mass is 9.81. The number of aryl methyl sites for hydroxylation is 2. The van der Waals surface area contributed by atoms with Crippen LogP contribution in [0.1, 0.15) is 69.9 Å². The van der Waals surface area contributed by atoms with Crippen molar-refractivity contribution in [2.24, 2.45) is 5.92 Å². The summed E-state index contributed by atoms with van der Waals surface area (Å²) in [5.41, 5.74) is 2.14. The average molecular weight is 292 g/mol. The van der Waals surface area contributed by atoms with Crippen molar-refractivity contribution in [2.45, 2.75) is 77.0 Å². The van der Waals surface area contributed by atoms with Crippen molar-refractivity contribution in [1.29, 1.82) is 0 Å². The lowest BCUT2D eigenvalue weighted by Gasteiger charge is -2.40. The maximum absolute atomic E-state index is 10.9. The third-order valence-corrected chi connectivity index (χ3v) is 5.32. The zero-order valence-electron chi connectivity index (χ0n) is 13.3. The Morgan fingerprint density at radius 2 is 2.19 bits per heavy atom. The maximum atomic E-state index is 10.9. The number of nitrogens with zero attached hydrogens (tertiary/aromatic N) is 2. The van der Waals surface area contributed by atoms with Gasteiger partial charge in [-0.05, 0) is 51.0 Å². The van der Waals surface area contributed by atoms with Crippen LogP contribution < -0.4 is 0 Å². The molecule has 1 aromatic heterocycles. The number of hydrogen-bond acceptors (Lipinski definition) is 3. The molecule has 0 aromatic carbocycles. The van der Waals surface area contributed by atoms with Gasteiger partial charge in [-0.25, -0.2) is 0 Å². The van der Waals surface area contributed by atoms with E-state index in [1.165, 1.54) is 25.7 Å². The van der Waals surface area contributed by atoms with Crippen LogP contribution in [0.25, 0.3) is 0 Å². The van der Waals surface area contributed by atoms with Crippen molar-refractivity contribution in [2.75, 3.05) is 6.61 Å². The molecule has 1 spiro atoms. The first-order valence-corrected chi connectivity index (χ1v) is 8.56. The van der Waals surface area contributed by atoms with E-state index in [0.717, 1.165) is 43.8 Å². The Morgan fingerprint density at radius 1 is 1.43 bits per heavy atom. The molecule has 1 saturated carbocycles. The van der Waals surface area contributed by atoms with E-state index in [-0.39, 0.29) is 5.60 Å². The molecule has 2 heterocycles. The summed E-state index contributed by atoms with van der Waals surface area (Å²) in [7, 11) is 0. The number of aliphatic hydroxyl groups excluding tert-OH is 1. The average Bonchev–Trinajstić information content (AvgIpc) is 3.13. The van der Waals surface area contributed by atoms with Gasteiger partial charge < -0.3 is 9.84 Å². The van der Waals surface area contributed by atoms with Gasteiger partial charge in [-0.1, -0.05) is 19.8 Å². The van der Waals surface area contributed by atoms with Gasteiger partial charge in [0.15, 0.2) is 0 Å². The summed E-state index contributed by atoms with van der Waals surface area (Å²) in [6.45, 7) is 5.81. The van der Waals surface area contributed by atoms with E-state index in [4.69, 9.17) is 4.74 Å². The second-order valence-electron chi connectivity index (χ2n) is 6.67. The largest absolute Gasteiger partial charge is 0.387 e. The molecule has 0 bridgehead atoms. The summed E-state index contributed by atoms with van der Waals surface area (Å²) in [6, 6.07) is 2.09. The third-order valence-electron chi connectivity index (χ3n) is 5.32. The lowest BCUT2D eigenvalue weighted by molar-refractivity contribution is -0.114. The van der Waals surface area contributed by atoms with Crippen LogP contribution in [0.5, 0.6) is 0 Å². The van der Waals surface area contributed by atoms with Gasteiger partial charge in [0.25, 0.3) is 0 Å². The van der Waals surface area contributed by atoms with Gasteiger partial charge in [-0.15, -0.1) is 0 Å². The predicted octanol–water partition coefficient (Wildman–Crippen LogP) is 3.24. The van der Waals surface area contributed by atoms with Gasteiger partial charge in [-0.3, -0.25) is 4.68 Å². The van der Waals surface area contributed by atoms with Gasteiger partial charge in [0.1, 0.15) is 0 Å². The van der Waals surface area contributed by atoms with Crippen molar-refractivity contribution in [1.82, 2.24) is 9.78 Å². The van der Waals surface area contributed by atoms with Gasteiger partial charge in [-0.2, -0.15) is 5.10 Å². The van der Waals surface area contributed by atoms with Crippen LogP contribution in [0, 0.1) is 5.92 Å². The fourth-order valence-corrected chi connectivity index (χ4v) is 4.10. The van der Waals surface area contributed by atoms with Crippen LogP contribution in [0.15, 0.2) is 6.07 Å². The molecule has 1 aliphatic carbocycles. The summed E-state index contributed by atoms with van der Waals surface area (Å²) < 4.78 is 8.06. The topological polar surface area (TPSA) is 47.3 Å². The molecule has 0 radical (unpaired) electrons. The van der Waals surface area contributed by atoms with E-state index in [2.05, 4.69) is 25.0 Å². The molecule has 4 heteroatoms. The van der Waals surface area contributed by atoms with E-state index in [0.29, 0.717) is 5.92 Å². The molecule has 2 atom stereocenters. The molecule has 2 fully saturated rings. The van der Waals surface area contributed by atoms with E-state index in [1.807, 2.05) is 4.68 Å². The number of hydrogen-bond donors (Lipinski definition) is 1. The minimum Gasteiger partial charge on any atom is -0.387 e. The first kappa shape index (κ1) is 15.0. The van der Waals surface area contributed by atoms with Crippen LogP contribution in [0.3, 0.4) is 0 Å². The Morgan fingerprint density at radius 3 is 2.86 bits per heavy atom. The quantitative estimate of drug-likeness (QED) is 0.926. The van der Waals surface area contributed by atoms with E-state index in [1.54, 1.807) is 0 Å². The van der Waals surface area contributed by atoms with Gasteiger partial charge >= 0.3 is 0 Å². The van der Waals surface area contributed by atoms with E-state index < -0.39 is 6.10 Å². The predicted molar refractivity (Wildman–Crippen MR) is 82.1 cm³/mol. The highest BCUT2D eigenvalue weighted by Crippen LogP contribution is 2.45. The van der Waals surface area contributed by atoms with Gasteiger partial charge in [0.05, 0.1) is 23.1 Å². The Balaban J connectivity index is 1.77. The molecule has 3 rings (SSSR count). The molecular formula is C17H28N2O2. The standard InChI is InChI=1S/C17H28N2O2/c1-3-14-11-15(19(4-2)18-14)16(20)13-7-10-21-17(12-13)8-5-6-9-17/h11,13,16,20H,3-10,12H2,1-2H3. The van der Waals surface area contributed by atoms with Crippen LogP contribution >= 0.6 is 0 Å². The van der Waals surface area contributed by atoms with Crippen LogP contribution in [-0.2, 0) is 17.7 Å². The Bertz CT molecular complexity index is 477.